The molecular weight excluding hydrogens is 430 g/mol. The fourth-order valence-corrected chi connectivity index (χ4v) is 5.13. The number of rotatable bonds is 9. The molecule has 0 radical (unpaired) electrons. The van der Waals surface area contributed by atoms with Crippen molar-refractivity contribution in [3.63, 3.8) is 0 Å². The Kier molecular flexibility index (Phi) is 6.76. The van der Waals surface area contributed by atoms with Crippen LogP contribution in [0.25, 0.3) is 0 Å². The number of hydrogen-bond donors (Lipinski definition) is 2. The average Bonchev–Trinajstić information content (AvgIpc) is 3.66. The zero-order chi connectivity index (χ0) is 23.5. The van der Waals surface area contributed by atoms with Gasteiger partial charge in [-0.05, 0) is 37.2 Å². The lowest BCUT2D eigenvalue weighted by molar-refractivity contribution is -0.149. The molecule has 0 bridgehead atoms. The summed E-state index contributed by atoms with van der Waals surface area (Å²) in [5, 5.41) is 12.4. The molecule has 2 aliphatic carbocycles. The van der Waals surface area contributed by atoms with Crippen molar-refractivity contribution in [2.75, 3.05) is 24.5 Å². The van der Waals surface area contributed by atoms with Gasteiger partial charge in [0, 0.05) is 31.7 Å². The van der Waals surface area contributed by atoms with Gasteiger partial charge >= 0.3 is 5.97 Å². The molecule has 3 fully saturated rings. The summed E-state index contributed by atoms with van der Waals surface area (Å²) >= 11 is 0. The van der Waals surface area contributed by atoms with Crippen molar-refractivity contribution in [3.8, 4) is 0 Å². The minimum atomic E-state index is -0.798. The largest absolute Gasteiger partial charge is 0.481 e. The average molecular weight is 464 g/mol. The Hall–Kier alpha value is -3.00. The minimum Gasteiger partial charge on any atom is -0.481 e. The second-order valence-corrected chi connectivity index (χ2v) is 9.92. The van der Waals surface area contributed by atoms with E-state index >= 15 is 0 Å². The lowest BCUT2D eigenvalue weighted by Gasteiger charge is -2.42. The van der Waals surface area contributed by atoms with Crippen molar-refractivity contribution in [2.45, 2.75) is 57.2 Å². The van der Waals surface area contributed by atoms with Crippen molar-refractivity contribution < 1.29 is 14.7 Å². The summed E-state index contributed by atoms with van der Waals surface area (Å²) in [7, 11) is 0. The zero-order valence-corrected chi connectivity index (χ0v) is 19.5. The molecule has 3 aliphatic rings. The van der Waals surface area contributed by atoms with Gasteiger partial charge in [0.05, 0.1) is 5.92 Å². The van der Waals surface area contributed by atoms with Crippen molar-refractivity contribution in [1.29, 1.82) is 0 Å². The molecule has 2 N–H and O–H groups in total. The normalized spacial score (nSPS) is 20.4. The van der Waals surface area contributed by atoms with Crippen LogP contribution in [0.4, 0.5) is 5.82 Å². The number of amides is 1. The molecule has 34 heavy (non-hydrogen) atoms. The number of aromatic nitrogens is 2. The molecule has 1 unspecified atom stereocenters. The zero-order valence-electron chi connectivity index (χ0n) is 19.5. The van der Waals surface area contributed by atoms with Crippen LogP contribution in [-0.4, -0.2) is 57.5 Å². The summed E-state index contributed by atoms with van der Waals surface area (Å²) in [6, 6.07) is 12.0. The molecule has 180 valence electrons. The molecule has 1 amide bonds. The number of likely N-dealkylation sites (tertiary alicyclic amines) is 1. The van der Waals surface area contributed by atoms with Crippen molar-refractivity contribution in [3.05, 3.63) is 54.0 Å². The Bertz CT molecular complexity index is 1000. The highest BCUT2D eigenvalue weighted by molar-refractivity contribution is 5.93. The van der Waals surface area contributed by atoms with E-state index in [0.29, 0.717) is 24.8 Å². The Morgan fingerprint density at radius 1 is 1.06 bits per heavy atom. The third kappa shape index (κ3) is 5.22. The van der Waals surface area contributed by atoms with Gasteiger partial charge in [-0.15, -0.1) is 0 Å². The lowest BCUT2D eigenvalue weighted by Crippen LogP contribution is -2.55. The number of carboxylic acid groups (broad SMARTS) is 1. The number of aliphatic carboxylic acids is 1. The van der Waals surface area contributed by atoms with E-state index in [4.69, 9.17) is 0 Å². The highest BCUT2D eigenvalue weighted by atomic mass is 16.4. The Labute approximate surface area is 200 Å². The van der Waals surface area contributed by atoms with Crippen LogP contribution in [0, 0.1) is 11.8 Å². The number of carbonyl (C=O) groups is 2. The third-order valence-corrected chi connectivity index (χ3v) is 7.35. The molecule has 1 aromatic heterocycles. The summed E-state index contributed by atoms with van der Waals surface area (Å²) in [6.07, 6.45) is 9.78. The molecule has 8 nitrogen and oxygen atoms in total. The predicted molar refractivity (Wildman–Crippen MR) is 128 cm³/mol. The van der Waals surface area contributed by atoms with Gasteiger partial charge in [-0.1, -0.05) is 49.6 Å². The SMILES string of the molecule is O=C(NC(c1ccccc1)N1CC(C(=O)O)C1)c1cc(N(CC2CC2)C2CCCCC2)ncn1. The molecule has 0 spiro atoms. The van der Waals surface area contributed by atoms with Gasteiger partial charge in [-0.3, -0.25) is 14.5 Å². The van der Waals surface area contributed by atoms with Crippen molar-refractivity contribution in [1.82, 2.24) is 20.2 Å². The molecular formula is C26H33N5O3. The van der Waals surface area contributed by atoms with E-state index in [1.54, 1.807) is 0 Å². The lowest BCUT2D eigenvalue weighted by atomic mass is 9.94. The molecule has 2 heterocycles. The predicted octanol–water partition coefficient (Wildman–Crippen LogP) is 3.47. The second-order valence-electron chi connectivity index (χ2n) is 9.92. The maximum absolute atomic E-state index is 13.3. The fourth-order valence-electron chi connectivity index (χ4n) is 5.13. The summed E-state index contributed by atoms with van der Waals surface area (Å²) in [5.41, 5.74) is 1.27. The number of carbonyl (C=O) groups excluding carboxylic acids is 1. The first-order valence-electron chi connectivity index (χ1n) is 12.5. The monoisotopic (exact) mass is 463 g/mol. The van der Waals surface area contributed by atoms with E-state index in [9.17, 15) is 14.7 Å². The number of benzene rings is 1. The highest BCUT2D eigenvalue weighted by Gasteiger charge is 2.38. The number of carboxylic acids is 1. The van der Waals surface area contributed by atoms with Crippen LogP contribution in [-0.2, 0) is 4.79 Å². The van der Waals surface area contributed by atoms with Gasteiger partial charge in [0.15, 0.2) is 0 Å². The fraction of sp³-hybridized carbons (Fsp3) is 0.538. The first-order valence-corrected chi connectivity index (χ1v) is 12.5. The van der Waals surface area contributed by atoms with Gasteiger partial charge in [0.25, 0.3) is 5.91 Å². The number of anilines is 1. The molecule has 1 aromatic carbocycles. The molecule has 2 saturated carbocycles. The summed E-state index contributed by atoms with van der Waals surface area (Å²) < 4.78 is 0. The first kappa shape index (κ1) is 22.8. The van der Waals surface area contributed by atoms with Gasteiger partial charge in [-0.2, -0.15) is 0 Å². The van der Waals surface area contributed by atoms with Crippen LogP contribution in [0.2, 0.25) is 0 Å². The summed E-state index contributed by atoms with van der Waals surface area (Å²) in [6.45, 7) is 1.81. The van der Waals surface area contributed by atoms with E-state index in [0.717, 1.165) is 23.8 Å². The van der Waals surface area contributed by atoms with E-state index < -0.39 is 18.1 Å². The van der Waals surface area contributed by atoms with Gasteiger partial charge in [-0.25, -0.2) is 9.97 Å². The van der Waals surface area contributed by atoms with E-state index in [2.05, 4.69) is 20.2 Å². The number of nitrogens with one attached hydrogen (secondary N) is 1. The molecule has 1 atom stereocenters. The van der Waals surface area contributed by atoms with Crippen molar-refractivity contribution in [2.24, 2.45) is 11.8 Å². The second kappa shape index (κ2) is 10.1. The van der Waals surface area contributed by atoms with Crippen LogP contribution in [0.3, 0.4) is 0 Å². The Morgan fingerprint density at radius 3 is 2.47 bits per heavy atom. The van der Waals surface area contributed by atoms with E-state index in [-0.39, 0.29) is 5.91 Å². The third-order valence-electron chi connectivity index (χ3n) is 7.35. The van der Waals surface area contributed by atoms with Crippen LogP contribution in [0.1, 0.15) is 67.2 Å². The van der Waals surface area contributed by atoms with Crippen LogP contribution in [0.5, 0.6) is 0 Å². The molecule has 2 aromatic rings. The summed E-state index contributed by atoms with van der Waals surface area (Å²) in [5.74, 6) is 0.0927. The van der Waals surface area contributed by atoms with Crippen LogP contribution in [0.15, 0.2) is 42.7 Å². The first-order chi connectivity index (χ1) is 16.6. The van der Waals surface area contributed by atoms with Gasteiger partial charge in [0.1, 0.15) is 24.0 Å². The molecule has 8 heteroatoms. The topological polar surface area (TPSA) is 98.7 Å². The number of nitrogens with zero attached hydrogens (tertiary/aromatic N) is 4. The molecule has 1 aliphatic heterocycles. The van der Waals surface area contributed by atoms with Gasteiger partial charge in [0.2, 0.25) is 0 Å². The smallest absolute Gasteiger partial charge is 0.309 e. The van der Waals surface area contributed by atoms with E-state index in [1.807, 2.05) is 41.3 Å². The highest BCUT2D eigenvalue weighted by Crippen LogP contribution is 2.35. The maximum atomic E-state index is 13.3. The van der Waals surface area contributed by atoms with Crippen LogP contribution >= 0.6 is 0 Å². The standard InChI is InChI=1S/C26H33N5O3/c32-25(29-24(19-7-3-1-4-8-19)30-15-20(16-30)26(33)34)22-13-23(28-17-27-22)31(14-18-11-12-18)21-9-5-2-6-10-21/h1,3-4,7-8,13,17-18,20-21,24H,2,5-6,9-12,14-16H2,(H,29,32)(H,33,34). The Balaban J connectivity index is 1.33. The van der Waals surface area contributed by atoms with Crippen molar-refractivity contribution >= 4 is 17.7 Å². The minimum absolute atomic E-state index is 0.272. The van der Waals surface area contributed by atoms with E-state index in [1.165, 1.54) is 51.3 Å². The van der Waals surface area contributed by atoms with Crippen LogP contribution < -0.4 is 10.2 Å². The maximum Gasteiger partial charge on any atom is 0.309 e. The summed E-state index contributed by atoms with van der Waals surface area (Å²) in [4.78, 5) is 37.9. The Morgan fingerprint density at radius 2 is 1.79 bits per heavy atom. The molecule has 5 rings (SSSR count). The molecule has 1 saturated heterocycles. The number of hydrogen-bond acceptors (Lipinski definition) is 6. The van der Waals surface area contributed by atoms with Gasteiger partial charge < -0.3 is 15.3 Å². The quantitative estimate of drug-likeness (QED) is 0.587.